The summed E-state index contributed by atoms with van der Waals surface area (Å²) in [5.74, 6) is 0.292. The summed E-state index contributed by atoms with van der Waals surface area (Å²) in [5, 5.41) is 6.21. The fraction of sp³-hybridized carbons (Fsp3) is 0.417. The number of anilines is 1. The van der Waals surface area contributed by atoms with Crippen molar-refractivity contribution in [3.63, 3.8) is 0 Å². The van der Waals surface area contributed by atoms with Gasteiger partial charge in [-0.1, -0.05) is 22.0 Å². The van der Waals surface area contributed by atoms with Gasteiger partial charge in [0, 0.05) is 16.1 Å². The number of hydrogen-bond donors (Lipinski definition) is 2. The molecule has 1 saturated heterocycles. The minimum atomic E-state index is 0. The molecule has 5 heteroatoms. The summed E-state index contributed by atoms with van der Waals surface area (Å²) in [7, 11) is 0. The van der Waals surface area contributed by atoms with E-state index in [-0.39, 0.29) is 24.2 Å². The van der Waals surface area contributed by atoms with Crippen molar-refractivity contribution in [1.82, 2.24) is 5.32 Å². The first-order valence-corrected chi connectivity index (χ1v) is 6.32. The van der Waals surface area contributed by atoms with Crippen molar-refractivity contribution in [2.45, 2.75) is 12.8 Å². The standard InChI is InChI=1S/C12H15BrN2O.ClH/c13-10-2-1-3-11(8-10)15-12(16)9-4-6-14-7-5-9;/h1-3,8-9,14H,4-7H2,(H,15,16);1H. The van der Waals surface area contributed by atoms with E-state index in [0.717, 1.165) is 36.1 Å². The number of benzene rings is 1. The first-order chi connectivity index (χ1) is 7.75. The van der Waals surface area contributed by atoms with E-state index in [0.29, 0.717) is 0 Å². The maximum atomic E-state index is 11.9. The van der Waals surface area contributed by atoms with Crippen LogP contribution < -0.4 is 10.6 Å². The summed E-state index contributed by atoms with van der Waals surface area (Å²) < 4.78 is 0.982. The Labute approximate surface area is 116 Å². The van der Waals surface area contributed by atoms with E-state index in [1.54, 1.807) is 0 Å². The van der Waals surface area contributed by atoms with Crippen LogP contribution in [0.15, 0.2) is 28.7 Å². The van der Waals surface area contributed by atoms with Gasteiger partial charge >= 0.3 is 0 Å². The van der Waals surface area contributed by atoms with Crippen LogP contribution in [-0.4, -0.2) is 19.0 Å². The molecule has 17 heavy (non-hydrogen) atoms. The van der Waals surface area contributed by atoms with Crippen LogP contribution in [0.4, 0.5) is 5.69 Å². The molecule has 1 fully saturated rings. The monoisotopic (exact) mass is 318 g/mol. The second-order valence-corrected chi connectivity index (χ2v) is 4.94. The number of piperidine rings is 1. The highest BCUT2D eigenvalue weighted by molar-refractivity contribution is 9.10. The molecule has 0 aliphatic carbocycles. The summed E-state index contributed by atoms with van der Waals surface area (Å²) in [5.41, 5.74) is 0.859. The molecule has 0 bridgehead atoms. The van der Waals surface area contributed by atoms with E-state index < -0.39 is 0 Å². The third-order valence-corrected chi connectivity index (χ3v) is 3.30. The second-order valence-electron chi connectivity index (χ2n) is 4.02. The summed E-state index contributed by atoms with van der Waals surface area (Å²) in [6.07, 6.45) is 1.86. The molecular weight excluding hydrogens is 304 g/mol. The molecule has 1 aromatic carbocycles. The Morgan fingerprint density at radius 1 is 1.35 bits per heavy atom. The van der Waals surface area contributed by atoms with Crippen LogP contribution in [0.1, 0.15) is 12.8 Å². The summed E-state index contributed by atoms with van der Waals surface area (Å²) >= 11 is 3.39. The molecule has 1 aromatic rings. The number of hydrogen-bond acceptors (Lipinski definition) is 2. The Bertz CT molecular complexity index is 381. The maximum Gasteiger partial charge on any atom is 0.227 e. The van der Waals surface area contributed by atoms with E-state index in [9.17, 15) is 4.79 Å². The fourth-order valence-electron chi connectivity index (χ4n) is 1.89. The van der Waals surface area contributed by atoms with Crippen molar-refractivity contribution in [1.29, 1.82) is 0 Å². The van der Waals surface area contributed by atoms with Gasteiger partial charge in [0.1, 0.15) is 0 Å². The molecule has 1 amide bonds. The molecule has 0 atom stereocenters. The van der Waals surface area contributed by atoms with Crippen LogP contribution >= 0.6 is 28.3 Å². The number of carbonyl (C=O) groups excluding carboxylic acids is 1. The molecule has 0 spiro atoms. The normalized spacial score (nSPS) is 16.1. The van der Waals surface area contributed by atoms with Crippen molar-refractivity contribution in [2.24, 2.45) is 5.92 Å². The molecule has 0 unspecified atom stereocenters. The smallest absolute Gasteiger partial charge is 0.227 e. The third-order valence-electron chi connectivity index (χ3n) is 2.80. The van der Waals surface area contributed by atoms with Crippen LogP contribution in [0.25, 0.3) is 0 Å². The lowest BCUT2D eigenvalue weighted by atomic mass is 9.97. The number of amides is 1. The SMILES string of the molecule is Cl.O=C(Nc1cccc(Br)c1)C1CCNCC1. The molecule has 2 rings (SSSR count). The van der Waals surface area contributed by atoms with Gasteiger partial charge in [0.05, 0.1) is 0 Å². The first kappa shape index (κ1) is 14.5. The molecule has 1 aliphatic heterocycles. The predicted molar refractivity (Wildman–Crippen MR) is 75.6 cm³/mol. The van der Waals surface area contributed by atoms with E-state index in [1.807, 2.05) is 24.3 Å². The Morgan fingerprint density at radius 2 is 2.06 bits per heavy atom. The van der Waals surface area contributed by atoms with Crippen molar-refractivity contribution < 1.29 is 4.79 Å². The third kappa shape index (κ3) is 4.30. The highest BCUT2D eigenvalue weighted by Crippen LogP contribution is 2.18. The lowest BCUT2D eigenvalue weighted by molar-refractivity contribution is -0.120. The van der Waals surface area contributed by atoms with Crippen LogP contribution in [0.5, 0.6) is 0 Å². The molecule has 2 N–H and O–H groups in total. The minimum absolute atomic E-state index is 0. The van der Waals surface area contributed by atoms with Crippen LogP contribution in [0.3, 0.4) is 0 Å². The molecular formula is C12H16BrClN2O. The van der Waals surface area contributed by atoms with Gasteiger partial charge in [0.25, 0.3) is 0 Å². The average Bonchev–Trinajstić information content (AvgIpc) is 2.30. The topological polar surface area (TPSA) is 41.1 Å². The molecule has 0 saturated carbocycles. The van der Waals surface area contributed by atoms with Gasteiger partial charge in [-0.25, -0.2) is 0 Å². The van der Waals surface area contributed by atoms with Crippen molar-refractivity contribution in [2.75, 3.05) is 18.4 Å². The van der Waals surface area contributed by atoms with Crippen molar-refractivity contribution in [3.05, 3.63) is 28.7 Å². The largest absolute Gasteiger partial charge is 0.326 e. The summed E-state index contributed by atoms with van der Waals surface area (Å²) in [4.78, 5) is 11.9. The zero-order chi connectivity index (χ0) is 11.4. The highest BCUT2D eigenvalue weighted by atomic mass is 79.9. The molecule has 1 heterocycles. The van der Waals surface area contributed by atoms with E-state index in [2.05, 4.69) is 26.6 Å². The Balaban J connectivity index is 0.00000144. The molecule has 1 aliphatic rings. The highest BCUT2D eigenvalue weighted by Gasteiger charge is 2.20. The van der Waals surface area contributed by atoms with Crippen LogP contribution in [0.2, 0.25) is 0 Å². The summed E-state index contributed by atoms with van der Waals surface area (Å²) in [6.45, 7) is 1.88. The van der Waals surface area contributed by atoms with Gasteiger partial charge in [-0.2, -0.15) is 0 Å². The Kier molecular flexibility index (Phi) is 5.95. The van der Waals surface area contributed by atoms with E-state index >= 15 is 0 Å². The average molecular weight is 320 g/mol. The molecule has 0 radical (unpaired) electrons. The number of halogens is 2. The Hall–Kier alpha value is -0.580. The summed E-state index contributed by atoms with van der Waals surface area (Å²) in [6, 6.07) is 7.69. The number of carbonyl (C=O) groups is 1. The van der Waals surface area contributed by atoms with Gasteiger partial charge < -0.3 is 10.6 Å². The zero-order valence-corrected chi connectivity index (χ0v) is 11.8. The number of nitrogens with one attached hydrogen (secondary N) is 2. The first-order valence-electron chi connectivity index (χ1n) is 5.53. The second kappa shape index (κ2) is 6.99. The van der Waals surface area contributed by atoms with Gasteiger partial charge in [-0.05, 0) is 44.1 Å². The predicted octanol–water partition coefficient (Wildman–Crippen LogP) is 2.81. The lowest BCUT2D eigenvalue weighted by Gasteiger charge is -2.21. The lowest BCUT2D eigenvalue weighted by Crippen LogP contribution is -2.34. The van der Waals surface area contributed by atoms with E-state index in [1.165, 1.54) is 0 Å². The minimum Gasteiger partial charge on any atom is -0.326 e. The van der Waals surface area contributed by atoms with Gasteiger partial charge in [-0.3, -0.25) is 4.79 Å². The van der Waals surface area contributed by atoms with E-state index in [4.69, 9.17) is 0 Å². The van der Waals surface area contributed by atoms with Gasteiger partial charge in [0.2, 0.25) is 5.91 Å². The fourth-order valence-corrected chi connectivity index (χ4v) is 2.29. The van der Waals surface area contributed by atoms with Crippen molar-refractivity contribution in [3.8, 4) is 0 Å². The maximum absolute atomic E-state index is 11.9. The zero-order valence-electron chi connectivity index (χ0n) is 9.41. The van der Waals surface area contributed by atoms with Gasteiger partial charge in [-0.15, -0.1) is 12.4 Å². The molecule has 94 valence electrons. The quantitative estimate of drug-likeness (QED) is 0.880. The van der Waals surface area contributed by atoms with Crippen LogP contribution in [0, 0.1) is 5.92 Å². The van der Waals surface area contributed by atoms with Crippen molar-refractivity contribution >= 4 is 39.9 Å². The number of rotatable bonds is 2. The van der Waals surface area contributed by atoms with Crippen LogP contribution in [-0.2, 0) is 4.79 Å². The van der Waals surface area contributed by atoms with Gasteiger partial charge in [0.15, 0.2) is 0 Å². The molecule has 3 nitrogen and oxygen atoms in total. The Morgan fingerprint density at radius 3 is 2.71 bits per heavy atom. The molecule has 0 aromatic heterocycles.